The van der Waals surface area contributed by atoms with Gasteiger partial charge in [0, 0.05) is 54.2 Å². The van der Waals surface area contributed by atoms with Gasteiger partial charge in [0.1, 0.15) is 11.5 Å². The molecule has 0 bridgehead atoms. The molecule has 3 aromatic heterocycles. The smallest absolute Gasteiger partial charge is 0.219 e. The average Bonchev–Trinajstić information content (AvgIpc) is 3.42. The Labute approximate surface area is 244 Å². The molecule has 0 amide bonds. The van der Waals surface area contributed by atoms with Crippen molar-refractivity contribution in [2.45, 2.75) is 79.6 Å². The van der Waals surface area contributed by atoms with Crippen LogP contribution in [0.5, 0.6) is 23.1 Å². The Morgan fingerprint density at radius 1 is 0.878 bits per heavy atom. The van der Waals surface area contributed by atoms with Crippen LogP contribution in [-0.2, 0) is 5.41 Å². The second-order valence-electron chi connectivity index (χ2n) is 12.7. The molecule has 1 aliphatic rings. The van der Waals surface area contributed by atoms with Crippen molar-refractivity contribution in [1.29, 1.82) is 0 Å². The molecule has 0 saturated carbocycles. The molecule has 7 nitrogen and oxygen atoms in total. The van der Waals surface area contributed by atoms with Gasteiger partial charge < -0.3 is 19.3 Å². The van der Waals surface area contributed by atoms with Gasteiger partial charge in [-0.15, -0.1) is 0 Å². The van der Waals surface area contributed by atoms with E-state index in [0.717, 1.165) is 40.7 Å². The Balaban J connectivity index is 1.58. The maximum absolute atomic E-state index is 6.53. The van der Waals surface area contributed by atoms with E-state index in [4.69, 9.17) is 14.5 Å². The van der Waals surface area contributed by atoms with Gasteiger partial charge in [-0.25, -0.2) is 9.97 Å². The lowest BCUT2D eigenvalue weighted by atomic mass is 9.88. The molecule has 0 fully saturated rings. The Morgan fingerprint density at radius 2 is 1.63 bits per heavy atom. The molecule has 0 aliphatic carbocycles. The monoisotopic (exact) mass is 553 g/mol. The summed E-state index contributed by atoms with van der Waals surface area (Å²) in [6.07, 6.45) is 3.83. The van der Waals surface area contributed by atoms with Crippen molar-refractivity contribution >= 4 is 11.3 Å². The lowest BCUT2D eigenvalue weighted by molar-refractivity contribution is 0.445. The van der Waals surface area contributed by atoms with Crippen LogP contribution < -0.4 is 14.4 Å². The third-order valence-electron chi connectivity index (χ3n) is 7.86. The first-order valence-corrected chi connectivity index (χ1v) is 14.5. The molecule has 0 spiro atoms. The number of anilines is 1. The van der Waals surface area contributed by atoms with Crippen LogP contribution in [0.15, 0.2) is 66.3 Å². The number of pyridine rings is 2. The molecule has 0 unspecified atom stereocenters. The number of allylic oxidation sites excluding steroid dienone is 2. The third kappa shape index (κ3) is 5.63. The zero-order chi connectivity index (χ0) is 29.6. The number of fused-ring (bicyclic) bond motifs is 1. The fourth-order valence-electron chi connectivity index (χ4n) is 5.32. The minimum atomic E-state index is -0.0223. The Hall–Kier alpha value is -4.00. The van der Waals surface area contributed by atoms with Crippen molar-refractivity contribution < 1.29 is 9.47 Å². The third-order valence-corrected chi connectivity index (χ3v) is 7.86. The number of rotatable bonds is 7. The largest absolute Gasteiger partial charge is 0.456 e. The SMILES string of the molecule is CC1=C(C)N(c2cccc(Oc3cc(Oc4cc(C(C)(C)C)ccn4)c4nc(C(C)C)c(C(C)C)n4c3)c2)CN1C. The van der Waals surface area contributed by atoms with Crippen LogP contribution in [0.25, 0.3) is 5.65 Å². The Bertz CT molecular complexity index is 1610. The predicted molar refractivity (Wildman–Crippen MR) is 166 cm³/mol. The van der Waals surface area contributed by atoms with Crippen LogP contribution in [0.4, 0.5) is 5.69 Å². The summed E-state index contributed by atoms with van der Waals surface area (Å²) in [5.74, 6) is 3.11. The van der Waals surface area contributed by atoms with E-state index in [-0.39, 0.29) is 17.3 Å². The molecular formula is C34H43N5O2. The molecule has 1 aliphatic heterocycles. The van der Waals surface area contributed by atoms with Gasteiger partial charge in [-0.05, 0) is 54.9 Å². The van der Waals surface area contributed by atoms with Crippen molar-refractivity contribution in [3.05, 3.63) is 83.2 Å². The first kappa shape index (κ1) is 28.5. The van der Waals surface area contributed by atoms with Gasteiger partial charge in [0.25, 0.3) is 0 Å². The first-order valence-electron chi connectivity index (χ1n) is 14.5. The maximum atomic E-state index is 6.53. The molecule has 4 aromatic rings. The molecule has 0 atom stereocenters. The van der Waals surface area contributed by atoms with Crippen LogP contribution in [0.2, 0.25) is 0 Å². The minimum absolute atomic E-state index is 0.0223. The lowest BCUT2D eigenvalue weighted by Gasteiger charge is -2.22. The summed E-state index contributed by atoms with van der Waals surface area (Å²) in [6, 6.07) is 14.2. The van der Waals surface area contributed by atoms with Crippen LogP contribution in [0.3, 0.4) is 0 Å². The summed E-state index contributed by atoms with van der Waals surface area (Å²) >= 11 is 0. The van der Waals surface area contributed by atoms with Crippen LogP contribution >= 0.6 is 0 Å². The molecular weight excluding hydrogens is 510 g/mol. The normalized spacial score (nSPS) is 14.2. The molecule has 7 heteroatoms. The zero-order valence-electron chi connectivity index (χ0n) is 26.1. The van der Waals surface area contributed by atoms with Gasteiger partial charge in [-0.2, -0.15) is 0 Å². The number of hydrogen-bond donors (Lipinski definition) is 0. The number of imidazole rings is 1. The zero-order valence-corrected chi connectivity index (χ0v) is 26.1. The van der Waals surface area contributed by atoms with E-state index < -0.39 is 0 Å². The topological polar surface area (TPSA) is 55.1 Å². The van der Waals surface area contributed by atoms with Crippen molar-refractivity contribution in [3.8, 4) is 23.1 Å². The number of ether oxygens (including phenoxy) is 2. The second kappa shape index (κ2) is 10.8. The van der Waals surface area contributed by atoms with Gasteiger partial charge in [-0.1, -0.05) is 54.5 Å². The summed E-state index contributed by atoms with van der Waals surface area (Å²) in [5.41, 5.74) is 7.73. The van der Waals surface area contributed by atoms with Crippen molar-refractivity contribution in [2.24, 2.45) is 0 Å². The number of benzene rings is 1. The Morgan fingerprint density at radius 3 is 2.27 bits per heavy atom. The standard InChI is InChI=1S/C34H43N5O2/c1-21(2)31-32(22(3)4)38-19-28(40-27-13-11-12-26(17-27)39-20-37(10)23(5)24(39)6)18-29(33(38)36-31)41-30-16-25(14-15-35-30)34(7,8)9/h11-19,21-22H,20H2,1-10H3. The van der Waals surface area contributed by atoms with Gasteiger partial charge in [0.2, 0.25) is 5.88 Å². The first-order chi connectivity index (χ1) is 19.3. The van der Waals surface area contributed by atoms with Gasteiger partial charge in [-0.3, -0.25) is 4.40 Å². The highest BCUT2D eigenvalue weighted by atomic mass is 16.5. The van der Waals surface area contributed by atoms with Crippen LogP contribution in [0.1, 0.15) is 91.1 Å². The average molecular weight is 554 g/mol. The van der Waals surface area contributed by atoms with E-state index in [1.165, 1.54) is 11.4 Å². The summed E-state index contributed by atoms with van der Waals surface area (Å²) in [7, 11) is 2.12. The van der Waals surface area contributed by atoms with Crippen molar-refractivity contribution in [1.82, 2.24) is 19.3 Å². The summed E-state index contributed by atoms with van der Waals surface area (Å²) < 4.78 is 15.1. The van der Waals surface area contributed by atoms with Gasteiger partial charge in [0.05, 0.1) is 18.6 Å². The van der Waals surface area contributed by atoms with Gasteiger partial charge >= 0.3 is 0 Å². The maximum Gasteiger partial charge on any atom is 0.219 e. The Kier molecular flexibility index (Phi) is 7.49. The van der Waals surface area contributed by atoms with Crippen LogP contribution in [0, 0.1) is 0 Å². The molecule has 0 saturated heterocycles. The summed E-state index contributed by atoms with van der Waals surface area (Å²) in [4.78, 5) is 14.2. The predicted octanol–water partition coefficient (Wildman–Crippen LogP) is 8.82. The van der Waals surface area contributed by atoms with E-state index in [2.05, 4.69) is 101 Å². The molecule has 4 heterocycles. The minimum Gasteiger partial charge on any atom is -0.456 e. The number of hydrogen-bond acceptors (Lipinski definition) is 6. The summed E-state index contributed by atoms with van der Waals surface area (Å²) in [6.45, 7) is 20.4. The fraction of sp³-hybridized carbons (Fsp3) is 0.412. The highest BCUT2D eigenvalue weighted by Crippen LogP contribution is 2.38. The number of aromatic nitrogens is 3. The molecule has 0 radical (unpaired) electrons. The highest BCUT2D eigenvalue weighted by Gasteiger charge is 2.24. The molecule has 216 valence electrons. The van der Waals surface area contributed by atoms with E-state index in [1.807, 2.05) is 36.5 Å². The molecule has 41 heavy (non-hydrogen) atoms. The van der Waals surface area contributed by atoms with Crippen molar-refractivity contribution in [3.63, 3.8) is 0 Å². The van der Waals surface area contributed by atoms with E-state index >= 15 is 0 Å². The van der Waals surface area contributed by atoms with Crippen LogP contribution in [-0.4, -0.2) is 33.0 Å². The van der Waals surface area contributed by atoms with E-state index in [9.17, 15) is 0 Å². The number of nitrogens with zero attached hydrogens (tertiary/aromatic N) is 5. The molecule has 5 rings (SSSR count). The second-order valence-corrected chi connectivity index (χ2v) is 12.7. The van der Waals surface area contributed by atoms with Crippen molar-refractivity contribution in [2.75, 3.05) is 18.6 Å². The lowest BCUT2D eigenvalue weighted by Crippen LogP contribution is -2.24. The van der Waals surface area contributed by atoms with E-state index in [1.54, 1.807) is 6.20 Å². The quantitative estimate of drug-likeness (QED) is 0.228. The fourth-order valence-corrected chi connectivity index (χ4v) is 5.32. The summed E-state index contributed by atoms with van der Waals surface area (Å²) in [5, 5.41) is 0. The van der Waals surface area contributed by atoms with E-state index in [0.29, 0.717) is 17.4 Å². The highest BCUT2D eigenvalue weighted by molar-refractivity contribution is 5.62. The molecule has 0 N–H and O–H groups in total. The molecule has 1 aromatic carbocycles. The van der Waals surface area contributed by atoms with Gasteiger partial charge in [0.15, 0.2) is 11.4 Å².